The van der Waals surface area contributed by atoms with Crippen LogP contribution in [0.3, 0.4) is 0 Å². The van der Waals surface area contributed by atoms with Crippen molar-refractivity contribution in [3.63, 3.8) is 0 Å². The standard InChI is InChI=1S/C17H21NO3/c1-19-12-14-7-4-5-9-15(14)18-11-13-8-6-10-16(20-2)17(13)21-3/h4-10,18H,11-12H2,1-3H3. The molecule has 21 heavy (non-hydrogen) atoms. The van der Waals surface area contributed by atoms with Crippen LogP contribution in [-0.2, 0) is 17.9 Å². The van der Waals surface area contributed by atoms with Crippen LogP contribution in [0.5, 0.6) is 11.5 Å². The normalized spacial score (nSPS) is 10.2. The van der Waals surface area contributed by atoms with Crippen molar-refractivity contribution < 1.29 is 14.2 Å². The van der Waals surface area contributed by atoms with Crippen LogP contribution in [0, 0.1) is 0 Å². The van der Waals surface area contributed by atoms with Crippen molar-refractivity contribution in [3.8, 4) is 11.5 Å². The molecular formula is C17H21NO3. The number of rotatable bonds is 7. The average Bonchev–Trinajstić information content (AvgIpc) is 2.53. The third-order valence-corrected chi connectivity index (χ3v) is 3.27. The third kappa shape index (κ3) is 3.67. The van der Waals surface area contributed by atoms with Crippen LogP contribution in [0.15, 0.2) is 42.5 Å². The van der Waals surface area contributed by atoms with Crippen molar-refractivity contribution in [2.24, 2.45) is 0 Å². The van der Waals surface area contributed by atoms with E-state index in [1.54, 1.807) is 21.3 Å². The van der Waals surface area contributed by atoms with Crippen LogP contribution in [-0.4, -0.2) is 21.3 Å². The van der Waals surface area contributed by atoms with Gasteiger partial charge in [-0.05, 0) is 12.1 Å². The number of hydrogen-bond donors (Lipinski definition) is 1. The van der Waals surface area contributed by atoms with Crippen molar-refractivity contribution in [1.82, 2.24) is 0 Å². The van der Waals surface area contributed by atoms with E-state index in [2.05, 4.69) is 11.4 Å². The van der Waals surface area contributed by atoms with Gasteiger partial charge >= 0.3 is 0 Å². The topological polar surface area (TPSA) is 39.7 Å². The highest BCUT2D eigenvalue weighted by molar-refractivity contribution is 5.53. The summed E-state index contributed by atoms with van der Waals surface area (Å²) in [5, 5.41) is 3.42. The van der Waals surface area contributed by atoms with E-state index < -0.39 is 0 Å². The van der Waals surface area contributed by atoms with E-state index in [9.17, 15) is 0 Å². The molecule has 0 saturated heterocycles. The molecule has 0 fully saturated rings. The quantitative estimate of drug-likeness (QED) is 0.846. The van der Waals surface area contributed by atoms with E-state index in [4.69, 9.17) is 14.2 Å². The second-order valence-corrected chi connectivity index (χ2v) is 4.60. The number of nitrogens with one attached hydrogen (secondary N) is 1. The first-order chi connectivity index (χ1) is 10.3. The molecule has 0 unspecified atom stereocenters. The highest BCUT2D eigenvalue weighted by atomic mass is 16.5. The molecule has 0 amide bonds. The van der Waals surface area contributed by atoms with Gasteiger partial charge in [0.15, 0.2) is 11.5 Å². The van der Waals surface area contributed by atoms with Crippen molar-refractivity contribution in [3.05, 3.63) is 53.6 Å². The number of para-hydroxylation sites is 2. The largest absolute Gasteiger partial charge is 0.493 e. The molecule has 2 aromatic rings. The summed E-state index contributed by atoms with van der Waals surface area (Å²) in [6, 6.07) is 14.0. The van der Waals surface area contributed by atoms with E-state index in [-0.39, 0.29) is 0 Å². The van der Waals surface area contributed by atoms with E-state index in [1.807, 2.05) is 36.4 Å². The van der Waals surface area contributed by atoms with Crippen LogP contribution >= 0.6 is 0 Å². The molecule has 2 aromatic carbocycles. The van der Waals surface area contributed by atoms with Gasteiger partial charge in [0.2, 0.25) is 0 Å². The Morgan fingerprint density at radius 1 is 0.857 bits per heavy atom. The molecule has 0 saturated carbocycles. The molecule has 0 aromatic heterocycles. The van der Waals surface area contributed by atoms with Gasteiger partial charge in [0, 0.05) is 30.5 Å². The fourth-order valence-electron chi connectivity index (χ4n) is 2.26. The molecule has 0 aliphatic carbocycles. The Kier molecular flexibility index (Phi) is 5.46. The zero-order chi connectivity index (χ0) is 15.1. The maximum absolute atomic E-state index is 5.44. The number of anilines is 1. The molecule has 2 rings (SSSR count). The summed E-state index contributed by atoms with van der Waals surface area (Å²) >= 11 is 0. The molecule has 0 aliphatic rings. The van der Waals surface area contributed by atoms with E-state index in [1.165, 1.54) is 0 Å². The summed E-state index contributed by atoms with van der Waals surface area (Å²) < 4.78 is 16.0. The molecule has 0 aliphatic heterocycles. The Morgan fingerprint density at radius 2 is 1.62 bits per heavy atom. The van der Waals surface area contributed by atoms with Crippen LogP contribution in [0.4, 0.5) is 5.69 Å². The summed E-state index contributed by atoms with van der Waals surface area (Å²) in [5.41, 5.74) is 3.23. The first-order valence-corrected chi connectivity index (χ1v) is 6.80. The van der Waals surface area contributed by atoms with Gasteiger partial charge in [-0.15, -0.1) is 0 Å². The zero-order valence-electron chi connectivity index (χ0n) is 12.7. The number of benzene rings is 2. The van der Waals surface area contributed by atoms with Gasteiger partial charge in [-0.2, -0.15) is 0 Å². The smallest absolute Gasteiger partial charge is 0.165 e. The second kappa shape index (κ2) is 7.55. The SMILES string of the molecule is COCc1ccccc1NCc1cccc(OC)c1OC. The minimum atomic E-state index is 0.582. The maximum Gasteiger partial charge on any atom is 0.165 e. The highest BCUT2D eigenvalue weighted by Gasteiger charge is 2.09. The molecule has 0 bridgehead atoms. The zero-order valence-corrected chi connectivity index (χ0v) is 12.7. The van der Waals surface area contributed by atoms with Crippen LogP contribution in [0.1, 0.15) is 11.1 Å². The monoisotopic (exact) mass is 287 g/mol. The Bertz CT molecular complexity index is 584. The Hall–Kier alpha value is -2.20. The van der Waals surface area contributed by atoms with Crippen LogP contribution in [0.2, 0.25) is 0 Å². The van der Waals surface area contributed by atoms with Crippen LogP contribution in [0.25, 0.3) is 0 Å². The maximum atomic E-state index is 5.44. The molecule has 0 heterocycles. The van der Waals surface area contributed by atoms with Gasteiger partial charge in [0.1, 0.15) is 0 Å². The molecule has 0 radical (unpaired) electrons. The Labute approximate surface area is 125 Å². The fourth-order valence-corrected chi connectivity index (χ4v) is 2.26. The second-order valence-electron chi connectivity index (χ2n) is 4.60. The minimum absolute atomic E-state index is 0.582. The predicted molar refractivity (Wildman–Crippen MR) is 84.0 cm³/mol. The average molecular weight is 287 g/mol. The summed E-state index contributed by atoms with van der Waals surface area (Å²) in [4.78, 5) is 0. The first kappa shape index (κ1) is 15.2. The lowest BCUT2D eigenvalue weighted by Gasteiger charge is -2.15. The summed E-state index contributed by atoms with van der Waals surface area (Å²) in [5.74, 6) is 1.50. The molecule has 4 heteroatoms. The molecule has 4 nitrogen and oxygen atoms in total. The molecule has 1 N–H and O–H groups in total. The first-order valence-electron chi connectivity index (χ1n) is 6.80. The van der Waals surface area contributed by atoms with Crippen LogP contribution < -0.4 is 14.8 Å². The summed E-state index contributed by atoms with van der Waals surface area (Å²) in [6.07, 6.45) is 0. The van der Waals surface area contributed by atoms with Gasteiger partial charge in [0.05, 0.1) is 20.8 Å². The summed E-state index contributed by atoms with van der Waals surface area (Å²) in [7, 11) is 4.99. The summed E-state index contributed by atoms with van der Waals surface area (Å²) in [6.45, 7) is 1.24. The molecular weight excluding hydrogens is 266 g/mol. The Balaban J connectivity index is 2.17. The molecule has 0 spiro atoms. The minimum Gasteiger partial charge on any atom is -0.493 e. The van der Waals surface area contributed by atoms with Crippen molar-refractivity contribution in [2.45, 2.75) is 13.2 Å². The van der Waals surface area contributed by atoms with Gasteiger partial charge in [0.25, 0.3) is 0 Å². The third-order valence-electron chi connectivity index (χ3n) is 3.27. The predicted octanol–water partition coefficient (Wildman–Crippen LogP) is 3.46. The number of ether oxygens (including phenoxy) is 3. The van der Waals surface area contributed by atoms with Gasteiger partial charge < -0.3 is 19.5 Å². The molecule has 112 valence electrons. The van der Waals surface area contributed by atoms with Crippen molar-refractivity contribution in [2.75, 3.05) is 26.6 Å². The lowest BCUT2D eigenvalue weighted by Crippen LogP contribution is -2.05. The van der Waals surface area contributed by atoms with Crippen molar-refractivity contribution >= 4 is 5.69 Å². The number of methoxy groups -OCH3 is 3. The fraction of sp³-hybridized carbons (Fsp3) is 0.294. The van der Waals surface area contributed by atoms with Crippen molar-refractivity contribution in [1.29, 1.82) is 0 Å². The highest BCUT2D eigenvalue weighted by Crippen LogP contribution is 2.31. The van der Waals surface area contributed by atoms with Gasteiger partial charge in [-0.3, -0.25) is 0 Å². The van der Waals surface area contributed by atoms with E-state index in [0.29, 0.717) is 13.2 Å². The number of hydrogen-bond acceptors (Lipinski definition) is 4. The van der Waals surface area contributed by atoms with E-state index >= 15 is 0 Å². The Morgan fingerprint density at radius 3 is 2.33 bits per heavy atom. The molecule has 0 atom stereocenters. The van der Waals surface area contributed by atoms with E-state index in [0.717, 1.165) is 28.3 Å². The lowest BCUT2D eigenvalue weighted by atomic mass is 10.1. The van der Waals surface area contributed by atoms with Gasteiger partial charge in [-0.1, -0.05) is 30.3 Å². The lowest BCUT2D eigenvalue weighted by molar-refractivity contribution is 0.185. The van der Waals surface area contributed by atoms with Gasteiger partial charge in [-0.25, -0.2) is 0 Å².